The molecule has 3 N–H and O–H groups in total. The SMILES string of the molecule is CC(C)CCCCCCCCCCCCCC(=O)OC[C@H](COP(=O)(O)OCC(O)COP(=O)(O)OC[C@@H](COC(=O)CCCCCCCCCC(C)C)OC(=O)CCCCCCCCCCCCCC(C)C)OC(=O)CCCCCCCCCCC(C)C. The second kappa shape index (κ2) is 59.8. The Bertz CT molecular complexity index is 1760. The number of phosphoric ester groups is 2. The Labute approximate surface area is 543 Å². The first kappa shape index (κ1) is 87.1. The number of hydrogen-bond acceptors (Lipinski definition) is 15. The number of carbonyl (C=O) groups excluding carboxylic acids is 4. The molecule has 0 bridgehead atoms. The molecular formula is C70H136O17P2. The molecule has 0 saturated heterocycles. The van der Waals surface area contributed by atoms with Gasteiger partial charge >= 0.3 is 39.5 Å². The zero-order valence-corrected chi connectivity index (χ0v) is 59.8. The van der Waals surface area contributed by atoms with Gasteiger partial charge in [0.05, 0.1) is 26.4 Å². The standard InChI is InChI=1S/C70H136O17P2/c1-60(2)46-38-30-22-15-11-9-13-17-26-34-42-50-67(72)80-56-65(87-70(75)53-45-37-28-20-19-24-32-40-48-62(5)6)58-84-88(76,77)82-54-64(71)55-83-89(78,79)85-59-66(57-81-68(73)51-43-35-29-21-25-33-41-49-63(7)8)86-69(74)52-44-36-27-18-14-10-12-16-23-31-39-47-61(3)4/h60-66,71H,9-59H2,1-8H3,(H,76,77)(H,78,79)/t64?,65-,66-/m1/s1. The molecule has 0 aromatic carbocycles. The Hall–Kier alpha value is -1.94. The van der Waals surface area contributed by atoms with Crippen LogP contribution in [-0.4, -0.2) is 96.7 Å². The minimum atomic E-state index is -4.95. The van der Waals surface area contributed by atoms with E-state index in [0.29, 0.717) is 31.6 Å². The molecule has 0 heterocycles. The summed E-state index contributed by atoms with van der Waals surface area (Å²) in [6.07, 6.45) is 41.8. The van der Waals surface area contributed by atoms with Crippen molar-refractivity contribution >= 4 is 39.5 Å². The van der Waals surface area contributed by atoms with Crippen LogP contribution in [0.5, 0.6) is 0 Å². The number of unbranched alkanes of at least 4 members (excludes halogenated alkanes) is 33. The van der Waals surface area contributed by atoms with Gasteiger partial charge in [-0.3, -0.25) is 37.3 Å². The highest BCUT2D eigenvalue weighted by atomic mass is 31.2. The number of aliphatic hydroxyl groups excluding tert-OH is 1. The fraction of sp³-hybridized carbons (Fsp3) is 0.943. The smallest absolute Gasteiger partial charge is 0.462 e. The topological polar surface area (TPSA) is 237 Å². The molecule has 0 aromatic heterocycles. The van der Waals surface area contributed by atoms with E-state index in [4.69, 9.17) is 37.0 Å². The highest BCUT2D eigenvalue weighted by Crippen LogP contribution is 2.45. The number of rotatable bonds is 67. The van der Waals surface area contributed by atoms with Gasteiger partial charge in [-0.2, -0.15) is 0 Å². The number of esters is 4. The number of ether oxygens (including phenoxy) is 4. The summed E-state index contributed by atoms with van der Waals surface area (Å²) in [7, 11) is -9.90. The molecule has 17 nitrogen and oxygen atoms in total. The Morgan fingerprint density at radius 2 is 0.472 bits per heavy atom. The third-order valence-corrected chi connectivity index (χ3v) is 18.0. The van der Waals surface area contributed by atoms with Crippen molar-refractivity contribution in [3.63, 3.8) is 0 Å². The maximum atomic E-state index is 13.0. The third-order valence-electron chi connectivity index (χ3n) is 16.1. The van der Waals surface area contributed by atoms with Gasteiger partial charge in [0.1, 0.15) is 19.3 Å². The third kappa shape index (κ3) is 64.6. The molecule has 89 heavy (non-hydrogen) atoms. The van der Waals surface area contributed by atoms with Gasteiger partial charge in [-0.05, 0) is 49.4 Å². The van der Waals surface area contributed by atoms with Crippen molar-refractivity contribution in [1.82, 2.24) is 0 Å². The van der Waals surface area contributed by atoms with Crippen molar-refractivity contribution in [2.24, 2.45) is 23.7 Å². The quantitative estimate of drug-likeness (QED) is 0.0222. The zero-order chi connectivity index (χ0) is 66.1. The van der Waals surface area contributed by atoms with E-state index in [2.05, 4.69) is 55.4 Å². The van der Waals surface area contributed by atoms with Gasteiger partial charge in [0, 0.05) is 25.7 Å². The average molecular weight is 1310 g/mol. The fourth-order valence-corrected chi connectivity index (χ4v) is 12.1. The lowest BCUT2D eigenvalue weighted by atomic mass is 10.0. The summed E-state index contributed by atoms with van der Waals surface area (Å²) in [5.74, 6) is 0.829. The van der Waals surface area contributed by atoms with Crippen molar-refractivity contribution in [3.05, 3.63) is 0 Å². The lowest BCUT2D eigenvalue weighted by molar-refractivity contribution is -0.161. The van der Waals surface area contributed by atoms with Gasteiger partial charge < -0.3 is 33.8 Å². The van der Waals surface area contributed by atoms with Crippen LogP contribution in [0.15, 0.2) is 0 Å². The molecule has 528 valence electrons. The van der Waals surface area contributed by atoms with Crippen LogP contribution in [0.3, 0.4) is 0 Å². The van der Waals surface area contributed by atoms with E-state index in [0.717, 1.165) is 114 Å². The summed E-state index contributed by atoms with van der Waals surface area (Å²) in [5.41, 5.74) is 0. The lowest BCUT2D eigenvalue weighted by Gasteiger charge is -2.21. The Morgan fingerprint density at radius 3 is 0.697 bits per heavy atom. The molecule has 0 saturated carbocycles. The van der Waals surface area contributed by atoms with Gasteiger partial charge in [0.15, 0.2) is 12.2 Å². The minimum absolute atomic E-state index is 0.104. The van der Waals surface area contributed by atoms with Crippen LogP contribution < -0.4 is 0 Å². The summed E-state index contributed by atoms with van der Waals surface area (Å²) < 4.78 is 68.3. The van der Waals surface area contributed by atoms with Crippen LogP contribution >= 0.6 is 15.6 Å². The number of aliphatic hydroxyl groups is 1. The van der Waals surface area contributed by atoms with E-state index in [1.807, 2.05) is 0 Å². The van der Waals surface area contributed by atoms with Crippen molar-refractivity contribution in [2.45, 2.75) is 363 Å². The first-order valence-corrected chi connectivity index (χ1v) is 39.2. The molecule has 0 rings (SSSR count). The van der Waals surface area contributed by atoms with E-state index in [9.17, 15) is 43.2 Å². The van der Waals surface area contributed by atoms with E-state index >= 15 is 0 Å². The molecule has 0 spiro atoms. The van der Waals surface area contributed by atoms with E-state index in [-0.39, 0.29) is 25.7 Å². The monoisotopic (exact) mass is 1310 g/mol. The van der Waals surface area contributed by atoms with Crippen molar-refractivity contribution in [3.8, 4) is 0 Å². The van der Waals surface area contributed by atoms with Gasteiger partial charge in [-0.25, -0.2) is 9.13 Å². The van der Waals surface area contributed by atoms with E-state index in [1.165, 1.54) is 141 Å². The number of carbonyl (C=O) groups is 4. The summed E-state index contributed by atoms with van der Waals surface area (Å²) in [6.45, 7) is 14.1. The van der Waals surface area contributed by atoms with Crippen molar-refractivity contribution in [1.29, 1.82) is 0 Å². The predicted molar refractivity (Wildman–Crippen MR) is 358 cm³/mol. The summed E-state index contributed by atoms with van der Waals surface area (Å²) in [6, 6.07) is 0. The maximum Gasteiger partial charge on any atom is 0.472 e. The normalized spacial score (nSPS) is 14.3. The Balaban J connectivity index is 5.25. The van der Waals surface area contributed by atoms with E-state index in [1.54, 1.807) is 0 Å². The molecule has 5 atom stereocenters. The number of phosphoric acid groups is 2. The molecule has 0 aliphatic rings. The van der Waals surface area contributed by atoms with Gasteiger partial charge in [-0.1, -0.05) is 293 Å². The molecule has 0 radical (unpaired) electrons. The minimum Gasteiger partial charge on any atom is -0.462 e. The average Bonchev–Trinajstić information content (AvgIpc) is 3.68. The maximum absolute atomic E-state index is 13.0. The highest BCUT2D eigenvalue weighted by molar-refractivity contribution is 7.47. The largest absolute Gasteiger partial charge is 0.472 e. The van der Waals surface area contributed by atoms with Crippen LogP contribution in [0.25, 0.3) is 0 Å². The number of hydrogen-bond donors (Lipinski definition) is 3. The van der Waals surface area contributed by atoms with Gasteiger partial charge in [-0.15, -0.1) is 0 Å². The Kier molecular flexibility index (Phi) is 58.5. The molecule has 0 aromatic rings. The predicted octanol–water partition coefficient (Wildman–Crippen LogP) is 19.7. The summed E-state index contributed by atoms with van der Waals surface area (Å²) in [5, 5.41) is 10.6. The first-order chi connectivity index (χ1) is 42.6. The van der Waals surface area contributed by atoms with Gasteiger partial charge in [0.25, 0.3) is 0 Å². The van der Waals surface area contributed by atoms with Crippen molar-refractivity contribution in [2.75, 3.05) is 39.6 Å². The molecule has 0 amide bonds. The lowest BCUT2D eigenvalue weighted by Crippen LogP contribution is -2.30. The van der Waals surface area contributed by atoms with Gasteiger partial charge in [0.2, 0.25) is 0 Å². The fourth-order valence-electron chi connectivity index (χ4n) is 10.5. The molecular weight excluding hydrogens is 1170 g/mol. The zero-order valence-electron chi connectivity index (χ0n) is 58.1. The summed E-state index contributed by atoms with van der Waals surface area (Å²) >= 11 is 0. The summed E-state index contributed by atoms with van der Waals surface area (Å²) in [4.78, 5) is 72.5. The molecule has 19 heteroatoms. The molecule has 3 unspecified atom stereocenters. The van der Waals surface area contributed by atoms with E-state index < -0.39 is 97.5 Å². The molecule has 0 fully saturated rings. The van der Waals surface area contributed by atoms with Crippen LogP contribution in [0.2, 0.25) is 0 Å². The van der Waals surface area contributed by atoms with Crippen LogP contribution in [0.1, 0.15) is 344 Å². The van der Waals surface area contributed by atoms with Crippen LogP contribution in [0, 0.1) is 23.7 Å². The van der Waals surface area contributed by atoms with Crippen LogP contribution in [0.4, 0.5) is 0 Å². The first-order valence-electron chi connectivity index (χ1n) is 36.2. The second-order valence-electron chi connectivity index (χ2n) is 27.2. The second-order valence-corrected chi connectivity index (χ2v) is 30.1. The van der Waals surface area contributed by atoms with Crippen molar-refractivity contribution < 1.29 is 80.2 Å². The molecule has 0 aliphatic heterocycles. The Morgan fingerprint density at radius 1 is 0.281 bits per heavy atom. The van der Waals surface area contributed by atoms with Crippen LogP contribution in [-0.2, 0) is 65.4 Å². The highest BCUT2D eigenvalue weighted by Gasteiger charge is 2.30. The molecule has 0 aliphatic carbocycles.